The highest BCUT2D eigenvalue weighted by molar-refractivity contribution is 6.35. The van der Waals surface area contributed by atoms with Crippen LogP contribution in [0.1, 0.15) is 16.7 Å². The zero-order chi connectivity index (χ0) is 16.7. The molecular formula is C18H19NO4. The third-order valence-electron chi connectivity index (χ3n) is 3.40. The summed E-state index contributed by atoms with van der Waals surface area (Å²) in [5.74, 6) is -0.284. The van der Waals surface area contributed by atoms with Crippen LogP contribution >= 0.6 is 0 Å². The minimum atomic E-state index is -1.10. The van der Waals surface area contributed by atoms with Gasteiger partial charge in [-0.3, -0.25) is 0 Å². The van der Waals surface area contributed by atoms with Gasteiger partial charge in [0, 0.05) is 6.42 Å². The Hall–Kier alpha value is -2.82. The second kappa shape index (κ2) is 7.98. The molecule has 1 N–H and O–H groups in total. The molecule has 0 bridgehead atoms. The maximum Gasteiger partial charge on any atom is 0.354 e. The van der Waals surface area contributed by atoms with Crippen molar-refractivity contribution in [2.45, 2.75) is 20.0 Å². The number of hydrogen-bond acceptors (Lipinski definition) is 4. The number of aryl methyl sites for hydroxylation is 1. The molecule has 2 rings (SSSR count). The van der Waals surface area contributed by atoms with Crippen LogP contribution in [0.4, 0.5) is 0 Å². The fraction of sp³-hybridized carbons (Fsp3) is 0.222. The van der Waals surface area contributed by atoms with Gasteiger partial charge in [0.25, 0.3) is 0 Å². The molecule has 0 fully saturated rings. The highest BCUT2D eigenvalue weighted by Crippen LogP contribution is 2.19. The first-order valence-corrected chi connectivity index (χ1v) is 7.20. The first-order chi connectivity index (χ1) is 11.1. The maximum atomic E-state index is 11.2. The van der Waals surface area contributed by atoms with Gasteiger partial charge in [0.2, 0.25) is 0 Å². The van der Waals surface area contributed by atoms with Crippen molar-refractivity contribution in [1.82, 2.24) is 0 Å². The lowest BCUT2D eigenvalue weighted by Crippen LogP contribution is -2.17. The Morgan fingerprint density at radius 2 is 1.74 bits per heavy atom. The zero-order valence-electron chi connectivity index (χ0n) is 13.2. The molecule has 2 aromatic rings. The number of para-hydroxylation sites is 1. The standard InChI is InChI=1S/C18H19NO4/c1-13-7-3-6-10-17(13)23-12-15-9-5-4-8-14(15)11-16(18(20)21)19-22-2/h3-10H,11-12H2,1-2H3,(H,20,21)/b19-16+. The average molecular weight is 313 g/mol. The molecule has 0 aliphatic carbocycles. The van der Waals surface area contributed by atoms with Crippen LogP contribution in [0.3, 0.4) is 0 Å². The minimum absolute atomic E-state index is 0.0455. The van der Waals surface area contributed by atoms with Gasteiger partial charge >= 0.3 is 5.97 Å². The van der Waals surface area contributed by atoms with Crippen molar-refractivity contribution in [3.63, 3.8) is 0 Å². The quantitative estimate of drug-likeness (QED) is 0.629. The zero-order valence-corrected chi connectivity index (χ0v) is 13.2. The highest BCUT2D eigenvalue weighted by atomic mass is 16.6. The van der Waals surface area contributed by atoms with E-state index in [0.717, 1.165) is 22.4 Å². The summed E-state index contributed by atoms with van der Waals surface area (Å²) in [6.45, 7) is 2.34. The number of carbonyl (C=O) groups is 1. The molecule has 5 heteroatoms. The van der Waals surface area contributed by atoms with Crippen molar-refractivity contribution >= 4 is 11.7 Å². The van der Waals surface area contributed by atoms with Gasteiger partial charge in [-0.25, -0.2) is 4.79 Å². The summed E-state index contributed by atoms with van der Waals surface area (Å²) in [7, 11) is 1.33. The summed E-state index contributed by atoms with van der Waals surface area (Å²) in [6, 6.07) is 15.3. The number of aliphatic carboxylic acids is 1. The molecule has 0 spiro atoms. The topological polar surface area (TPSA) is 68.1 Å². The van der Waals surface area contributed by atoms with E-state index in [4.69, 9.17) is 9.84 Å². The molecule has 0 radical (unpaired) electrons. The minimum Gasteiger partial charge on any atom is -0.489 e. The molecule has 0 heterocycles. The Morgan fingerprint density at radius 3 is 2.39 bits per heavy atom. The van der Waals surface area contributed by atoms with E-state index in [2.05, 4.69) is 9.99 Å². The second-order valence-electron chi connectivity index (χ2n) is 5.03. The van der Waals surface area contributed by atoms with E-state index in [1.807, 2.05) is 55.5 Å². The molecule has 0 aromatic heterocycles. The number of carboxylic acid groups (broad SMARTS) is 1. The van der Waals surface area contributed by atoms with Gasteiger partial charge in [-0.05, 0) is 29.7 Å². The largest absolute Gasteiger partial charge is 0.489 e. The summed E-state index contributed by atoms with van der Waals surface area (Å²) in [5.41, 5.74) is 2.77. The molecule has 0 amide bonds. The van der Waals surface area contributed by atoms with Crippen LogP contribution in [0.2, 0.25) is 0 Å². The lowest BCUT2D eigenvalue weighted by atomic mass is 10.0. The maximum absolute atomic E-state index is 11.2. The predicted octanol–water partition coefficient (Wildman–Crippen LogP) is 3.20. The van der Waals surface area contributed by atoms with Crippen LogP contribution in [0.5, 0.6) is 5.75 Å². The van der Waals surface area contributed by atoms with E-state index in [0.29, 0.717) is 6.61 Å². The summed E-state index contributed by atoms with van der Waals surface area (Å²) in [6.07, 6.45) is 0.177. The molecule has 0 saturated heterocycles. The van der Waals surface area contributed by atoms with Crippen LogP contribution in [-0.4, -0.2) is 23.9 Å². The number of benzene rings is 2. The molecule has 0 unspecified atom stereocenters. The van der Waals surface area contributed by atoms with Gasteiger partial charge in [0.15, 0.2) is 5.71 Å². The van der Waals surface area contributed by atoms with Crippen molar-refractivity contribution in [3.05, 3.63) is 65.2 Å². The van der Waals surface area contributed by atoms with Crippen molar-refractivity contribution in [3.8, 4) is 5.75 Å². The number of carboxylic acids is 1. The summed E-state index contributed by atoms with van der Waals surface area (Å²) < 4.78 is 5.85. The lowest BCUT2D eigenvalue weighted by Gasteiger charge is -2.12. The van der Waals surface area contributed by atoms with Gasteiger partial charge in [-0.2, -0.15) is 0 Å². The van der Waals surface area contributed by atoms with Crippen molar-refractivity contribution in [2.75, 3.05) is 7.11 Å². The number of oxime groups is 1. The van der Waals surface area contributed by atoms with Crippen LogP contribution in [0.15, 0.2) is 53.7 Å². The molecular weight excluding hydrogens is 294 g/mol. The number of nitrogens with zero attached hydrogens (tertiary/aromatic N) is 1. The van der Waals surface area contributed by atoms with Gasteiger partial charge in [0.1, 0.15) is 19.5 Å². The number of ether oxygens (including phenoxy) is 1. The lowest BCUT2D eigenvalue weighted by molar-refractivity contribution is -0.129. The van der Waals surface area contributed by atoms with E-state index >= 15 is 0 Å². The van der Waals surface area contributed by atoms with E-state index in [-0.39, 0.29) is 12.1 Å². The molecule has 0 aliphatic heterocycles. The second-order valence-corrected chi connectivity index (χ2v) is 5.03. The molecule has 2 aromatic carbocycles. The molecule has 0 atom stereocenters. The van der Waals surface area contributed by atoms with Gasteiger partial charge < -0.3 is 14.7 Å². The Morgan fingerprint density at radius 1 is 1.09 bits per heavy atom. The highest BCUT2D eigenvalue weighted by Gasteiger charge is 2.14. The van der Waals surface area contributed by atoms with Crippen molar-refractivity contribution in [1.29, 1.82) is 0 Å². The van der Waals surface area contributed by atoms with E-state index in [1.165, 1.54) is 7.11 Å². The first kappa shape index (κ1) is 16.5. The molecule has 5 nitrogen and oxygen atoms in total. The fourth-order valence-corrected chi connectivity index (χ4v) is 2.18. The average Bonchev–Trinajstić information content (AvgIpc) is 2.54. The van der Waals surface area contributed by atoms with Crippen molar-refractivity contribution in [2.24, 2.45) is 5.16 Å². The molecule has 0 saturated carbocycles. The normalized spacial score (nSPS) is 11.1. The fourth-order valence-electron chi connectivity index (χ4n) is 2.18. The van der Waals surface area contributed by atoms with Crippen LogP contribution in [0, 0.1) is 6.92 Å². The summed E-state index contributed by atoms with van der Waals surface area (Å²) >= 11 is 0. The number of hydrogen-bond donors (Lipinski definition) is 1. The van der Waals surface area contributed by atoms with E-state index < -0.39 is 5.97 Å². The monoisotopic (exact) mass is 313 g/mol. The molecule has 120 valence electrons. The summed E-state index contributed by atoms with van der Waals surface area (Å²) in [4.78, 5) is 15.8. The SMILES string of the molecule is CO/N=C(\Cc1ccccc1COc1ccccc1C)C(=O)O. The third kappa shape index (κ3) is 4.57. The van der Waals surface area contributed by atoms with Crippen LogP contribution in [-0.2, 0) is 22.7 Å². The number of rotatable bonds is 7. The van der Waals surface area contributed by atoms with Gasteiger partial charge in [-0.15, -0.1) is 0 Å². The Bertz CT molecular complexity index is 710. The van der Waals surface area contributed by atoms with Gasteiger partial charge in [-0.1, -0.05) is 47.6 Å². The molecule has 0 aliphatic rings. The van der Waals surface area contributed by atoms with Crippen LogP contribution < -0.4 is 4.74 Å². The van der Waals surface area contributed by atoms with E-state index in [9.17, 15) is 4.79 Å². The van der Waals surface area contributed by atoms with Gasteiger partial charge in [0.05, 0.1) is 0 Å². The van der Waals surface area contributed by atoms with Crippen molar-refractivity contribution < 1.29 is 19.5 Å². The predicted molar refractivity (Wildman–Crippen MR) is 87.7 cm³/mol. The Kier molecular flexibility index (Phi) is 5.74. The summed E-state index contributed by atoms with van der Waals surface area (Å²) in [5, 5.41) is 12.7. The van der Waals surface area contributed by atoms with E-state index in [1.54, 1.807) is 0 Å². The Labute approximate surface area is 135 Å². The Balaban J connectivity index is 2.16. The third-order valence-corrected chi connectivity index (χ3v) is 3.40. The first-order valence-electron chi connectivity index (χ1n) is 7.20. The van der Waals surface area contributed by atoms with Crippen LogP contribution in [0.25, 0.3) is 0 Å². The molecule has 23 heavy (non-hydrogen) atoms. The smallest absolute Gasteiger partial charge is 0.354 e.